The van der Waals surface area contributed by atoms with E-state index >= 15 is 0 Å². The van der Waals surface area contributed by atoms with Crippen molar-refractivity contribution in [3.8, 4) is 0 Å². The summed E-state index contributed by atoms with van der Waals surface area (Å²) in [7, 11) is 0. The average Bonchev–Trinajstić information content (AvgIpc) is 0.835. The molecule has 0 aromatic rings. The predicted molar refractivity (Wildman–Crippen MR) is 280 cm³/mol. The van der Waals surface area contributed by atoms with Crippen LogP contribution in [0.3, 0.4) is 0 Å². The fourth-order valence-corrected chi connectivity index (χ4v) is 11.6. The van der Waals surface area contributed by atoms with Gasteiger partial charge in [0.2, 0.25) is 0 Å². The van der Waals surface area contributed by atoms with E-state index in [-0.39, 0.29) is 94.7 Å². The molecule has 39 nitrogen and oxygen atoms in total. The van der Waals surface area contributed by atoms with E-state index < -0.39 is 285 Å². The number of aliphatic hydroxyl groups excluding tert-OH is 21. The molecule has 8 saturated heterocycles. The molecule has 8 rings (SSSR count). The number of aliphatic hydroxyl groups is 21. The van der Waals surface area contributed by atoms with Gasteiger partial charge in [0.05, 0.1) is 70.7 Å². The zero-order valence-electron chi connectivity index (χ0n) is 49.4. The van der Waals surface area contributed by atoms with Gasteiger partial charge in [0.1, 0.15) is 171 Å². The molecule has 0 bridgehead atoms. The van der Waals surface area contributed by atoms with Crippen LogP contribution in [0.1, 0.15) is 13.8 Å². The molecule has 0 amide bonds. The first-order valence-corrected chi connectivity index (χ1v) is 29.0. The minimum atomic E-state index is -2.35. The maximum Gasteiger partial charge on any atom is 0.187 e. The Hall–Kier alpha value is 1.06. The molecular weight excluding hydrogens is 1690 g/mol. The van der Waals surface area contributed by atoms with Crippen molar-refractivity contribution in [1.82, 2.24) is 0 Å². The van der Waals surface area contributed by atoms with Crippen LogP contribution in [0, 0.1) is 88.1 Å². The van der Waals surface area contributed by atoms with Crippen LogP contribution in [0.4, 0.5) is 0 Å². The van der Waals surface area contributed by atoms with Crippen LogP contribution in [0.15, 0.2) is 12.7 Å². The molecule has 0 spiro atoms. The van der Waals surface area contributed by atoms with Crippen LogP contribution in [-0.4, -0.2) is 399 Å². The van der Waals surface area contributed by atoms with E-state index in [1.165, 1.54) is 19.9 Å². The fourth-order valence-electron chi connectivity index (χ4n) is 11.6. The smallest absolute Gasteiger partial charge is 0.187 e. The van der Waals surface area contributed by atoms with E-state index in [4.69, 9.17) is 75.8 Å². The topological polar surface area (TPSA) is 620 Å². The van der Waals surface area contributed by atoms with Gasteiger partial charge in [-0.15, -0.1) is 6.58 Å². The number of ether oxygens (including phenoxy) is 16. The minimum Gasteiger partial charge on any atom is -0.668 e. The summed E-state index contributed by atoms with van der Waals surface area (Å²) in [6, 6.07) is -4.15. The minimum absolute atomic E-state index is 0. The summed E-state index contributed by atoms with van der Waals surface area (Å²) in [4.78, 5) is 0. The summed E-state index contributed by atoms with van der Waals surface area (Å²) in [6.07, 6.45) is -71.1. The Morgan fingerprint density at radius 2 is 0.620 bits per heavy atom. The predicted octanol–water partition coefficient (Wildman–Crippen LogP) is -13.1. The largest absolute Gasteiger partial charge is 0.668 e. The number of rotatable bonds is 23. The van der Waals surface area contributed by atoms with Crippen LogP contribution >= 0.6 is 0 Å². The third-order valence-corrected chi connectivity index (χ3v) is 17.0. The molecule has 25 unspecified atom stereocenters. The van der Waals surface area contributed by atoms with Crippen LogP contribution in [0.2, 0.25) is 0 Å². The van der Waals surface area contributed by atoms with E-state index in [9.17, 15) is 119 Å². The monoisotopic (exact) mass is 1770 g/mol. The second-order valence-electron chi connectivity index (χ2n) is 23.1. The summed E-state index contributed by atoms with van der Waals surface area (Å²) in [6.45, 7) is -0.161. The van der Waals surface area contributed by atoms with Crippen molar-refractivity contribution >= 4 is 0 Å². The Morgan fingerprint density at radius 1 is 0.304 bits per heavy atom. The Balaban J connectivity index is 0.00000672. The Bertz CT molecular complexity index is 2210. The number of nitrogens with one attached hydrogen (secondary N) is 2. The first kappa shape index (κ1) is 82.0. The number of hydrogen-bond acceptors (Lipinski definition) is 37. The van der Waals surface area contributed by atoms with Crippen molar-refractivity contribution in [3.05, 3.63) is 24.1 Å². The standard InChI is InChI=1S/C51H86N2O37.2Ac/c1-4-5-75-46-36(73)31(68)38(16(8-56)83-46)85-51-37(74)43(90-45-21(53)42(89-50-35(72)30(67)25(62)15(7-55)80-50)40(18(10-58)82-45)86-47-32(69)27(64)22(59)12(2)77-47)26(63)19(84-51)11-76-44-20(52)41(88-48-33(70)28(65)23(60)13(3)78-48)39(17(9-57)81-44)87-49-34(71)29(66)24(61)14(6-54)79-49;;/h4,12-74H,1,5-11H2,2-3H3;;/q-2;;/t12?,13?,14?,15?,16?,17?,18?,19?,20?,21?,22-,23-,24+,25+,26+,27?,28?,29?,30?,31?,32?,33?,34?,35?,36?,37?,38-,39-,40-,41?,42?,43?,44-,45+,46-,47+,48?,49+,50+,51+;;/m1../s1. The molecule has 0 aromatic carbocycles. The van der Waals surface area contributed by atoms with E-state index in [0.717, 1.165) is 0 Å². The zero-order chi connectivity index (χ0) is 66.1. The van der Waals surface area contributed by atoms with Gasteiger partial charge in [-0.2, -0.15) is 0 Å². The van der Waals surface area contributed by atoms with Crippen molar-refractivity contribution in [2.45, 2.75) is 259 Å². The van der Waals surface area contributed by atoms with E-state index in [1.54, 1.807) is 0 Å². The van der Waals surface area contributed by atoms with Gasteiger partial charge in [-0.25, -0.2) is 0 Å². The van der Waals surface area contributed by atoms with Gasteiger partial charge in [-0.05, 0) is 13.8 Å². The Labute approximate surface area is 596 Å². The molecule has 92 heavy (non-hydrogen) atoms. The molecule has 0 aliphatic carbocycles. The molecule has 41 heteroatoms. The average molecular weight is 1770 g/mol. The zero-order valence-corrected chi connectivity index (χ0v) is 58.9. The Morgan fingerprint density at radius 3 is 1.05 bits per heavy atom. The van der Waals surface area contributed by atoms with Crippen LogP contribution in [0.25, 0.3) is 11.5 Å². The summed E-state index contributed by atoms with van der Waals surface area (Å²) >= 11 is 0. The molecule has 23 N–H and O–H groups in total. The molecule has 0 saturated carbocycles. The molecule has 2 radical (unpaired) electrons. The van der Waals surface area contributed by atoms with Crippen molar-refractivity contribution in [3.63, 3.8) is 0 Å². The van der Waals surface area contributed by atoms with Gasteiger partial charge in [-0.3, -0.25) is 0 Å². The fraction of sp³-hybridized carbons (Fsp3) is 0.961. The van der Waals surface area contributed by atoms with Gasteiger partial charge in [0, 0.05) is 88.1 Å². The number of hydrogen-bond donors (Lipinski definition) is 21. The maximum atomic E-state index is 12.3. The first-order chi connectivity index (χ1) is 42.7. The van der Waals surface area contributed by atoms with Gasteiger partial charge in [0.15, 0.2) is 37.7 Å². The molecule has 40 atom stereocenters. The van der Waals surface area contributed by atoms with Crippen molar-refractivity contribution in [1.29, 1.82) is 0 Å². The second kappa shape index (κ2) is 36.3. The maximum absolute atomic E-state index is 12.3. The first-order valence-electron chi connectivity index (χ1n) is 29.0. The molecule has 8 heterocycles. The Kier molecular flexibility index (Phi) is 32.3. The van der Waals surface area contributed by atoms with Gasteiger partial charge in [0.25, 0.3) is 0 Å². The summed E-state index contributed by atoms with van der Waals surface area (Å²) in [5, 5.41) is 228. The third kappa shape index (κ3) is 17.7. The summed E-state index contributed by atoms with van der Waals surface area (Å²) in [5.41, 5.74) is 19.0. The van der Waals surface area contributed by atoms with Crippen molar-refractivity contribution < 1.29 is 271 Å². The molecular formula is C51H86Ac2N2O37-2. The van der Waals surface area contributed by atoms with Crippen molar-refractivity contribution in [2.75, 3.05) is 46.2 Å². The van der Waals surface area contributed by atoms with Crippen LogP contribution in [0.5, 0.6) is 0 Å². The van der Waals surface area contributed by atoms with Gasteiger partial charge in [-0.1, -0.05) is 18.2 Å². The van der Waals surface area contributed by atoms with E-state index in [1.807, 2.05) is 0 Å². The molecule has 530 valence electrons. The summed E-state index contributed by atoms with van der Waals surface area (Å²) < 4.78 is 93.6. The summed E-state index contributed by atoms with van der Waals surface area (Å²) in [5.74, 6) is 0. The van der Waals surface area contributed by atoms with Gasteiger partial charge < -0.3 is 194 Å². The molecule has 8 fully saturated rings. The van der Waals surface area contributed by atoms with Gasteiger partial charge >= 0.3 is 0 Å². The SMILES string of the molecule is C=CCO[C@@H]1OC(CO)[C@@H](O[C@@H]2OC(CO[C@@H]3OC(CO)[C@@H](O[C@@H]4OC(CO)[C@H](O)C(O)C4O)C(OC4OC(C)[C@@H](O)C(O)C4O)C3[NH-])[C@H](O)C(O[C@@H]3OC(CO)[C@@H](O[C@@H]4OC(C)[C@@H](O)C(O)C4O)C(O[C@@H]4OC(CO)[C@H](O)C(O)C4O)C3[NH-])C2O)C(O)C1O.[Ac].[Ac]. The molecule has 0 aromatic heterocycles. The quantitative estimate of drug-likeness (QED) is 0.0422. The van der Waals surface area contributed by atoms with E-state index in [2.05, 4.69) is 6.58 Å². The van der Waals surface area contributed by atoms with Crippen LogP contribution in [-0.2, 0) is 75.8 Å². The van der Waals surface area contributed by atoms with Crippen molar-refractivity contribution in [2.24, 2.45) is 0 Å². The second-order valence-corrected chi connectivity index (χ2v) is 23.1. The van der Waals surface area contributed by atoms with E-state index in [0.29, 0.717) is 0 Å². The molecule has 8 aliphatic heterocycles. The van der Waals surface area contributed by atoms with Crippen LogP contribution < -0.4 is 0 Å². The normalized spacial score (nSPS) is 51.9. The molecule has 8 aliphatic rings. The third-order valence-electron chi connectivity index (χ3n) is 17.0.